The van der Waals surface area contributed by atoms with Crippen LogP contribution in [0.3, 0.4) is 0 Å². The van der Waals surface area contributed by atoms with Gasteiger partial charge in [0, 0.05) is 6.42 Å². The first-order valence-electron chi connectivity index (χ1n) is 8.74. The Morgan fingerprint density at radius 2 is 1.29 bits per heavy atom. The molecule has 0 aliphatic rings. The first-order chi connectivity index (χ1) is 9.70. The lowest BCUT2D eigenvalue weighted by atomic mass is 9.86. The lowest BCUT2D eigenvalue weighted by Crippen LogP contribution is -2.57. The van der Waals surface area contributed by atoms with Crippen LogP contribution in [-0.4, -0.2) is 22.2 Å². The van der Waals surface area contributed by atoms with Crippen molar-refractivity contribution in [1.29, 1.82) is 0 Å². The van der Waals surface area contributed by atoms with E-state index in [0.717, 1.165) is 12.8 Å². The molecule has 2 N–H and O–H groups in total. The second-order valence-electron chi connectivity index (χ2n) is 7.31. The molecule has 0 fully saturated rings. The largest absolute Gasteiger partial charge is 0.388 e. The first-order valence-corrected chi connectivity index (χ1v) is 8.74. The lowest BCUT2D eigenvalue weighted by Gasteiger charge is -2.38. The fourth-order valence-corrected chi connectivity index (χ4v) is 2.16. The van der Waals surface area contributed by atoms with Crippen LogP contribution in [0.4, 0.5) is 0 Å². The molecule has 0 radical (unpaired) electrons. The molecule has 0 aliphatic carbocycles. The highest BCUT2D eigenvalue weighted by atomic mass is 16.3. The number of unbranched alkanes of at least 4 members (excludes halogenated alkanes) is 8. The standard InChI is InChI=1S/C18H37NO2/c1-6-7-8-9-10-11-12-13-14-15-16(20)19-17(2,3)18(4,5)21/h21H,6-15H2,1-5H3,(H,19,20). The Bertz CT molecular complexity index is 279. The topological polar surface area (TPSA) is 49.3 Å². The molecular weight excluding hydrogens is 262 g/mol. The Morgan fingerprint density at radius 1 is 0.857 bits per heavy atom. The van der Waals surface area contributed by atoms with Crippen LogP contribution >= 0.6 is 0 Å². The van der Waals surface area contributed by atoms with Crippen molar-refractivity contribution < 1.29 is 9.90 Å². The summed E-state index contributed by atoms with van der Waals surface area (Å²) in [5.41, 5.74) is -1.51. The van der Waals surface area contributed by atoms with Gasteiger partial charge in [0.2, 0.25) is 5.91 Å². The minimum Gasteiger partial charge on any atom is -0.388 e. The SMILES string of the molecule is CCCCCCCCCCCC(=O)NC(C)(C)C(C)(C)O. The van der Waals surface area contributed by atoms with Gasteiger partial charge < -0.3 is 10.4 Å². The fourth-order valence-electron chi connectivity index (χ4n) is 2.16. The Balaban J connectivity index is 3.59. The number of nitrogens with one attached hydrogen (secondary N) is 1. The second kappa shape index (κ2) is 10.2. The van der Waals surface area contributed by atoms with Crippen molar-refractivity contribution in [3.8, 4) is 0 Å². The van der Waals surface area contributed by atoms with E-state index in [0.29, 0.717) is 6.42 Å². The van der Waals surface area contributed by atoms with Crippen molar-refractivity contribution in [3.63, 3.8) is 0 Å². The van der Waals surface area contributed by atoms with Gasteiger partial charge in [-0.15, -0.1) is 0 Å². The first kappa shape index (κ1) is 20.4. The van der Waals surface area contributed by atoms with E-state index in [2.05, 4.69) is 12.2 Å². The van der Waals surface area contributed by atoms with Gasteiger partial charge in [-0.05, 0) is 34.1 Å². The quantitative estimate of drug-likeness (QED) is 0.518. The van der Waals surface area contributed by atoms with Crippen LogP contribution in [0.5, 0.6) is 0 Å². The molecule has 0 aliphatic heterocycles. The third kappa shape index (κ3) is 9.89. The highest BCUT2D eigenvalue weighted by Gasteiger charge is 2.35. The van der Waals surface area contributed by atoms with Crippen LogP contribution in [0.25, 0.3) is 0 Å². The average molecular weight is 299 g/mol. The molecule has 0 aromatic rings. The van der Waals surface area contributed by atoms with Gasteiger partial charge in [-0.25, -0.2) is 0 Å². The van der Waals surface area contributed by atoms with E-state index in [1.54, 1.807) is 13.8 Å². The number of amides is 1. The summed E-state index contributed by atoms with van der Waals surface area (Å²) < 4.78 is 0. The van der Waals surface area contributed by atoms with Gasteiger partial charge in [-0.1, -0.05) is 58.3 Å². The van der Waals surface area contributed by atoms with Gasteiger partial charge in [0.1, 0.15) is 0 Å². The second-order valence-corrected chi connectivity index (χ2v) is 7.31. The zero-order valence-corrected chi connectivity index (χ0v) is 14.9. The van der Waals surface area contributed by atoms with Gasteiger partial charge >= 0.3 is 0 Å². The third-order valence-corrected chi connectivity index (χ3v) is 4.49. The number of hydrogen-bond acceptors (Lipinski definition) is 2. The summed E-state index contributed by atoms with van der Waals surface area (Å²) in [6.07, 6.45) is 11.9. The number of aliphatic hydroxyl groups is 1. The van der Waals surface area contributed by atoms with Gasteiger partial charge in [0.15, 0.2) is 0 Å². The summed E-state index contributed by atoms with van der Waals surface area (Å²) in [4.78, 5) is 11.9. The van der Waals surface area contributed by atoms with Crippen LogP contribution in [0.2, 0.25) is 0 Å². The highest BCUT2D eigenvalue weighted by molar-refractivity contribution is 5.76. The van der Waals surface area contributed by atoms with Gasteiger partial charge in [-0.3, -0.25) is 4.79 Å². The van der Waals surface area contributed by atoms with E-state index in [9.17, 15) is 9.90 Å². The van der Waals surface area contributed by atoms with Crippen molar-refractivity contribution in [2.24, 2.45) is 0 Å². The minimum absolute atomic E-state index is 0.0464. The highest BCUT2D eigenvalue weighted by Crippen LogP contribution is 2.20. The van der Waals surface area contributed by atoms with Crippen molar-refractivity contribution in [1.82, 2.24) is 5.32 Å². The molecule has 0 saturated carbocycles. The van der Waals surface area contributed by atoms with E-state index in [-0.39, 0.29) is 5.91 Å². The number of carbonyl (C=O) groups is 1. The predicted octanol–water partition coefficient (Wildman–Crippen LogP) is 4.57. The van der Waals surface area contributed by atoms with Crippen molar-refractivity contribution >= 4 is 5.91 Å². The summed E-state index contributed by atoms with van der Waals surface area (Å²) in [5, 5.41) is 12.9. The Labute approximate surface area is 131 Å². The van der Waals surface area contributed by atoms with Crippen LogP contribution < -0.4 is 5.32 Å². The van der Waals surface area contributed by atoms with Gasteiger partial charge in [-0.2, -0.15) is 0 Å². The van der Waals surface area contributed by atoms with Crippen molar-refractivity contribution in [3.05, 3.63) is 0 Å². The average Bonchev–Trinajstić information content (AvgIpc) is 2.35. The van der Waals surface area contributed by atoms with E-state index in [1.807, 2.05) is 13.8 Å². The zero-order chi connectivity index (χ0) is 16.4. The molecule has 0 unspecified atom stereocenters. The van der Waals surface area contributed by atoms with Crippen LogP contribution in [-0.2, 0) is 4.79 Å². The summed E-state index contributed by atoms with van der Waals surface area (Å²) in [6, 6.07) is 0. The number of carbonyl (C=O) groups excluding carboxylic acids is 1. The van der Waals surface area contributed by atoms with Crippen molar-refractivity contribution in [2.75, 3.05) is 0 Å². The molecule has 21 heavy (non-hydrogen) atoms. The van der Waals surface area contributed by atoms with Crippen molar-refractivity contribution in [2.45, 2.75) is 110 Å². The summed E-state index contributed by atoms with van der Waals surface area (Å²) in [5.74, 6) is 0.0464. The fraction of sp³-hybridized carbons (Fsp3) is 0.944. The molecular formula is C18H37NO2. The molecule has 0 saturated heterocycles. The molecule has 0 aromatic carbocycles. The molecule has 0 rings (SSSR count). The normalized spacial score (nSPS) is 12.5. The zero-order valence-electron chi connectivity index (χ0n) is 14.9. The van der Waals surface area contributed by atoms with E-state index in [1.165, 1.54) is 44.9 Å². The smallest absolute Gasteiger partial charge is 0.220 e. The van der Waals surface area contributed by atoms with E-state index in [4.69, 9.17) is 0 Å². The summed E-state index contributed by atoms with van der Waals surface area (Å²) >= 11 is 0. The summed E-state index contributed by atoms with van der Waals surface area (Å²) in [6.45, 7) is 9.42. The molecule has 0 heterocycles. The number of rotatable bonds is 12. The molecule has 0 spiro atoms. The molecule has 126 valence electrons. The van der Waals surface area contributed by atoms with Crippen LogP contribution in [0.1, 0.15) is 98.8 Å². The van der Waals surface area contributed by atoms with Crippen LogP contribution in [0.15, 0.2) is 0 Å². The van der Waals surface area contributed by atoms with Crippen LogP contribution in [0, 0.1) is 0 Å². The van der Waals surface area contributed by atoms with E-state index >= 15 is 0 Å². The molecule has 1 amide bonds. The third-order valence-electron chi connectivity index (χ3n) is 4.49. The monoisotopic (exact) mass is 299 g/mol. The Kier molecular flexibility index (Phi) is 9.93. The Hall–Kier alpha value is -0.570. The lowest BCUT2D eigenvalue weighted by molar-refractivity contribution is -0.126. The maximum atomic E-state index is 11.9. The summed E-state index contributed by atoms with van der Waals surface area (Å²) in [7, 11) is 0. The molecule has 0 bridgehead atoms. The maximum absolute atomic E-state index is 11.9. The Morgan fingerprint density at radius 3 is 1.71 bits per heavy atom. The molecule has 0 atom stereocenters. The molecule has 0 aromatic heterocycles. The maximum Gasteiger partial charge on any atom is 0.220 e. The number of hydrogen-bond donors (Lipinski definition) is 2. The van der Waals surface area contributed by atoms with Gasteiger partial charge in [0.05, 0.1) is 11.1 Å². The van der Waals surface area contributed by atoms with Gasteiger partial charge in [0.25, 0.3) is 0 Å². The van der Waals surface area contributed by atoms with E-state index < -0.39 is 11.1 Å². The predicted molar refractivity (Wildman–Crippen MR) is 90.4 cm³/mol. The molecule has 3 nitrogen and oxygen atoms in total. The minimum atomic E-state index is -0.916. The molecule has 3 heteroatoms.